The van der Waals surface area contributed by atoms with Gasteiger partial charge in [-0.15, -0.1) is 0 Å². The van der Waals surface area contributed by atoms with Crippen LogP contribution in [0.2, 0.25) is 5.02 Å². The minimum Gasteiger partial charge on any atom is -0.340 e. The average Bonchev–Trinajstić information content (AvgIpc) is 2.50. The third-order valence-electron chi connectivity index (χ3n) is 3.95. The lowest BCUT2D eigenvalue weighted by Gasteiger charge is -2.37. The second-order valence-electron chi connectivity index (χ2n) is 5.43. The fraction of sp³-hybridized carbons (Fsp3) is 0.500. The summed E-state index contributed by atoms with van der Waals surface area (Å²) in [4.78, 5) is 16.5. The predicted molar refractivity (Wildman–Crippen MR) is 83.0 cm³/mol. The first-order valence-electron chi connectivity index (χ1n) is 7.23. The molecular formula is C16H20ClN3O. The fourth-order valence-electron chi connectivity index (χ4n) is 2.56. The van der Waals surface area contributed by atoms with Gasteiger partial charge in [-0.25, -0.2) is 0 Å². The lowest BCUT2D eigenvalue weighted by molar-refractivity contribution is -0.132. The number of nitrogens with zero attached hydrogens (tertiary/aromatic N) is 3. The Morgan fingerprint density at radius 3 is 2.48 bits per heavy atom. The maximum atomic E-state index is 12.3. The molecule has 2 rings (SSSR count). The molecule has 4 nitrogen and oxygen atoms in total. The van der Waals surface area contributed by atoms with Crippen molar-refractivity contribution in [2.45, 2.75) is 25.8 Å². The van der Waals surface area contributed by atoms with Crippen molar-refractivity contribution in [3.63, 3.8) is 0 Å². The first-order chi connectivity index (χ1) is 10.1. The monoisotopic (exact) mass is 305 g/mol. The molecule has 1 fully saturated rings. The highest BCUT2D eigenvalue weighted by Gasteiger charge is 2.23. The molecule has 1 heterocycles. The summed E-state index contributed by atoms with van der Waals surface area (Å²) in [5.74, 6) is 0.157. The largest absolute Gasteiger partial charge is 0.340 e. The molecule has 1 aromatic rings. The highest BCUT2D eigenvalue weighted by Crippen LogP contribution is 2.13. The molecule has 0 N–H and O–H groups in total. The van der Waals surface area contributed by atoms with Crippen molar-refractivity contribution in [1.29, 1.82) is 5.26 Å². The van der Waals surface area contributed by atoms with Gasteiger partial charge in [0, 0.05) is 37.2 Å². The number of rotatable bonds is 4. The fourth-order valence-corrected chi connectivity index (χ4v) is 2.69. The highest BCUT2D eigenvalue weighted by molar-refractivity contribution is 6.30. The minimum atomic E-state index is 0.157. The van der Waals surface area contributed by atoms with Crippen LogP contribution in [0.1, 0.15) is 18.9 Å². The van der Waals surface area contributed by atoms with Crippen LogP contribution in [0, 0.1) is 11.3 Å². The third kappa shape index (κ3) is 4.45. The van der Waals surface area contributed by atoms with Gasteiger partial charge >= 0.3 is 0 Å². The van der Waals surface area contributed by atoms with E-state index < -0.39 is 0 Å². The van der Waals surface area contributed by atoms with E-state index in [0.29, 0.717) is 17.9 Å². The number of hydrogen-bond acceptors (Lipinski definition) is 3. The van der Waals surface area contributed by atoms with Gasteiger partial charge in [0.2, 0.25) is 5.91 Å². The Morgan fingerprint density at radius 2 is 1.90 bits per heavy atom. The van der Waals surface area contributed by atoms with Crippen LogP contribution >= 0.6 is 11.6 Å². The van der Waals surface area contributed by atoms with Gasteiger partial charge in [-0.05, 0) is 24.6 Å². The molecule has 0 aromatic heterocycles. The molecule has 0 bridgehead atoms. The molecule has 1 amide bonds. The number of nitriles is 1. The molecule has 1 aliphatic rings. The van der Waals surface area contributed by atoms with Crippen LogP contribution in [0.4, 0.5) is 0 Å². The van der Waals surface area contributed by atoms with Crippen LogP contribution in [0.15, 0.2) is 24.3 Å². The van der Waals surface area contributed by atoms with Crippen molar-refractivity contribution < 1.29 is 4.79 Å². The summed E-state index contributed by atoms with van der Waals surface area (Å²) in [5.41, 5.74) is 0.990. The van der Waals surface area contributed by atoms with E-state index in [4.69, 9.17) is 16.9 Å². The standard InChI is InChI=1S/C16H20ClN3O/c1-13(6-7-18)19-8-10-20(11-9-19)16(21)12-14-2-4-15(17)5-3-14/h2-5,13H,6,8-12H2,1H3/t13-/m0/s1. The molecule has 0 spiro atoms. The van der Waals surface area contributed by atoms with Gasteiger partial charge in [-0.3, -0.25) is 9.69 Å². The van der Waals surface area contributed by atoms with Crippen molar-refractivity contribution >= 4 is 17.5 Å². The van der Waals surface area contributed by atoms with Crippen molar-refractivity contribution in [3.05, 3.63) is 34.9 Å². The van der Waals surface area contributed by atoms with Crippen LogP contribution in [0.25, 0.3) is 0 Å². The van der Waals surface area contributed by atoms with Gasteiger partial charge in [0.15, 0.2) is 0 Å². The van der Waals surface area contributed by atoms with Gasteiger partial charge in [0.05, 0.1) is 18.9 Å². The molecule has 1 saturated heterocycles. The van der Waals surface area contributed by atoms with Gasteiger partial charge in [0.25, 0.3) is 0 Å². The Balaban J connectivity index is 1.83. The smallest absolute Gasteiger partial charge is 0.227 e. The van der Waals surface area contributed by atoms with Crippen molar-refractivity contribution in [3.8, 4) is 6.07 Å². The molecule has 0 radical (unpaired) electrons. The molecule has 1 aromatic carbocycles. The summed E-state index contributed by atoms with van der Waals surface area (Å²) in [6.07, 6.45) is 0.962. The topological polar surface area (TPSA) is 47.3 Å². The van der Waals surface area contributed by atoms with E-state index in [9.17, 15) is 4.79 Å². The summed E-state index contributed by atoms with van der Waals surface area (Å²) in [7, 11) is 0. The number of halogens is 1. The summed E-state index contributed by atoms with van der Waals surface area (Å²) < 4.78 is 0. The van der Waals surface area contributed by atoms with Crippen LogP contribution in [0.5, 0.6) is 0 Å². The predicted octanol–water partition coefficient (Wildman–Crippen LogP) is 2.33. The van der Waals surface area contributed by atoms with Crippen molar-refractivity contribution in [2.24, 2.45) is 0 Å². The van der Waals surface area contributed by atoms with E-state index in [1.54, 1.807) is 0 Å². The second kappa shape index (κ2) is 7.44. The SMILES string of the molecule is C[C@@H](CC#N)N1CCN(C(=O)Cc2ccc(Cl)cc2)CC1. The molecule has 5 heteroatoms. The molecule has 0 saturated carbocycles. The summed E-state index contributed by atoms with van der Waals surface area (Å²) >= 11 is 5.84. The summed E-state index contributed by atoms with van der Waals surface area (Å²) in [6.45, 7) is 5.23. The van der Waals surface area contributed by atoms with E-state index in [1.807, 2.05) is 29.2 Å². The Morgan fingerprint density at radius 1 is 1.29 bits per heavy atom. The summed E-state index contributed by atoms with van der Waals surface area (Å²) in [6, 6.07) is 9.88. The molecule has 0 aliphatic carbocycles. The van der Waals surface area contributed by atoms with Crippen molar-refractivity contribution in [2.75, 3.05) is 26.2 Å². The highest BCUT2D eigenvalue weighted by atomic mass is 35.5. The van der Waals surface area contributed by atoms with E-state index in [-0.39, 0.29) is 11.9 Å². The Labute approximate surface area is 130 Å². The maximum absolute atomic E-state index is 12.3. The van der Waals surface area contributed by atoms with E-state index in [1.165, 1.54) is 0 Å². The first kappa shape index (κ1) is 15.8. The van der Waals surface area contributed by atoms with E-state index in [2.05, 4.69) is 17.9 Å². The number of benzene rings is 1. The molecule has 1 atom stereocenters. The lowest BCUT2D eigenvalue weighted by Crippen LogP contribution is -2.51. The van der Waals surface area contributed by atoms with E-state index >= 15 is 0 Å². The third-order valence-corrected chi connectivity index (χ3v) is 4.20. The number of amides is 1. The zero-order chi connectivity index (χ0) is 15.2. The van der Waals surface area contributed by atoms with Gasteiger partial charge < -0.3 is 4.90 Å². The molecule has 21 heavy (non-hydrogen) atoms. The number of piperazine rings is 1. The van der Waals surface area contributed by atoms with E-state index in [0.717, 1.165) is 31.7 Å². The zero-order valence-electron chi connectivity index (χ0n) is 12.3. The molecule has 112 valence electrons. The van der Waals surface area contributed by atoms with Gasteiger partial charge in [0.1, 0.15) is 0 Å². The van der Waals surface area contributed by atoms with Gasteiger partial charge in [-0.1, -0.05) is 23.7 Å². The zero-order valence-corrected chi connectivity index (χ0v) is 13.0. The lowest BCUT2D eigenvalue weighted by atomic mass is 10.1. The first-order valence-corrected chi connectivity index (χ1v) is 7.61. The number of carbonyl (C=O) groups is 1. The van der Waals surface area contributed by atoms with Crippen LogP contribution in [0.3, 0.4) is 0 Å². The summed E-state index contributed by atoms with van der Waals surface area (Å²) in [5, 5.41) is 9.43. The normalized spacial score (nSPS) is 17.3. The average molecular weight is 306 g/mol. The number of carbonyl (C=O) groups excluding carboxylic acids is 1. The second-order valence-corrected chi connectivity index (χ2v) is 5.87. The Bertz CT molecular complexity index is 515. The Hall–Kier alpha value is -1.57. The van der Waals surface area contributed by atoms with Crippen LogP contribution in [-0.4, -0.2) is 47.9 Å². The molecule has 1 aliphatic heterocycles. The molecular weight excluding hydrogens is 286 g/mol. The molecule has 0 unspecified atom stereocenters. The minimum absolute atomic E-state index is 0.157. The van der Waals surface area contributed by atoms with Crippen molar-refractivity contribution in [1.82, 2.24) is 9.80 Å². The van der Waals surface area contributed by atoms with Crippen LogP contribution in [-0.2, 0) is 11.2 Å². The van der Waals surface area contributed by atoms with Crippen LogP contribution < -0.4 is 0 Å². The quantitative estimate of drug-likeness (QED) is 0.858. The maximum Gasteiger partial charge on any atom is 0.227 e. The number of hydrogen-bond donors (Lipinski definition) is 0. The Kier molecular flexibility index (Phi) is 5.60. The van der Waals surface area contributed by atoms with Gasteiger partial charge in [-0.2, -0.15) is 5.26 Å².